The van der Waals surface area contributed by atoms with E-state index in [9.17, 15) is 0 Å². The van der Waals surface area contributed by atoms with Gasteiger partial charge in [0.25, 0.3) is 0 Å². The van der Waals surface area contributed by atoms with E-state index in [0.717, 1.165) is 35.9 Å². The fraction of sp³-hybridized carbons (Fsp3) is 0.385. The van der Waals surface area contributed by atoms with Crippen molar-refractivity contribution in [2.45, 2.75) is 33.7 Å². The summed E-state index contributed by atoms with van der Waals surface area (Å²) in [5, 5.41) is 3.31. The molecule has 2 aromatic heterocycles. The summed E-state index contributed by atoms with van der Waals surface area (Å²) >= 11 is 0. The minimum absolute atomic E-state index is 0.886. The van der Waals surface area contributed by atoms with Crippen LogP contribution >= 0.6 is 0 Å². The molecule has 0 fully saturated rings. The maximum absolute atomic E-state index is 4.48. The van der Waals surface area contributed by atoms with Gasteiger partial charge >= 0.3 is 0 Å². The molecule has 90 valence electrons. The van der Waals surface area contributed by atoms with E-state index in [0.29, 0.717) is 0 Å². The zero-order chi connectivity index (χ0) is 12.3. The maximum atomic E-state index is 4.48. The monoisotopic (exact) mass is 230 g/mol. The van der Waals surface area contributed by atoms with Gasteiger partial charge in [-0.15, -0.1) is 0 Å². The second-order valence-electron chi connectivity index (χ2n) is 4.28. The number of aromatic nitrogens is 3. The third-order valence-electron chi connectivity index (χ3n) is 2.49. The Kier molecular flexibility index (Phi) is 3.42. The van der Waals surface area contributed by atoms with Crippen LogP contribution in [0.15, 0.2) is 24.7 Å². The summed E-state index contributed by atoms with van der Waals surface area (Å²) in [6.45, 7) is 7.17. The van der Waals surface area contributed by atoms with Crippen molar-refractivity contribution in [2.24, 2.45) is 0 Å². The first-order valence-corrected chi connectivity index (χ1v) is 5.91. The number of nitrogens with zero attached hydrogens (tertiary/aromatic N) is 3. The molecule has 2 heterocycles. The topological polar surface area (TPSA) is 42.7 Å². The highest BCUT2D eigenvalue weighted by molar-refractivity contribution is 5.53. The molecule has 0 saturated heterocycles. The molecule has 4 heteroatoms. The second kappa shape index (κ2) is 4.99. The number of anilines is 2. The lowest BCUT2D eigenvalue weighted by Crippen LogP contribution is -2.03. The number of nitrogens with one attached hydrogen (secondary N) is 1. The van der Waals surface area contributed by atoms with Gasteiger partial charge in [0, 0.05) is 18.9 Å². The number of rotatable bonds is 4. The van der Waals surface area contributed by atoms with Crippen LogP contribution in [0.5, 0.6) is 0 Å². The Morgan fingerprint density at radius 3 is 2.82 bits per heavy atom. The Bertz CT molecular complexity index is 502. The molecule has 17 heavy (non-hydrogen) atoms. The Morgan fingerprint density at radius 1 is 1.29 bits per heavy atom. The van der Waals surface area contributed by atoms with E-state index < -0.39 is 0 Å². The van der Waals surface area contributed by atoms with Gasteiger partial charge in [-0.1, -0.05) is 6.92 Å². The summed E-state index contributed by atoms with van der Waals surface area (Å²) < 4.78 is 2.14. The largest absolute Gasteiger partial charge is 0.324 e. The van der Waals surface area contributed by atoms with Crippen LogP contribution in [-0.4, -0.2) is 14.5 Å². The van der Waals surface area contributed by atoms with Gasteiger partial charge in [-0.25, -0.2) is 4.98 Å². The van der Waals surface area contributed by atoms with E-state index in [2.05, 4.69) is 39.0 Å². The molecule has 0 amide bonds. The fourth-order valence-corrected chi connectivity index (χ4v) is 1.81. The highest BCUT2D eigenvalue weighted by atomic mass is 15.2. The lowest BCUT2D eigenvalue weighted by atomic mass is 10.3. The van der Waals surface area contributed by atoms with Crippen LogP contribution in [0.3, 0.4) is 0 Å². The van der Waals surface area contributed by atoms with Crippen molar-refractivity contribution in [1.29, 1.82) is 0 Å². The molecule has 2 rings (SSSR count). The molecule has 0 aliphatic rings. The van der Waals surface area contributed by atoms with Gasteiger partial charge in [-0.05, 0) is 31.9 Å². The average molecular weight is 230 g/mol. The molecule has 0 saturated carbocycles. The van der Waals surface area contributed by atoms with E-state index in [-0.39, 0.29) is 0 Å². The van der Waals surface area contributed by atoms with Crippen molar-refractivity contribution >= 4 is 11.6 Å². The van der Waals surface area contributed by atoms with Gasteiger partial charge < -0.3 is 9.88 Å². The molecule has 0 spiro atoms. The molecule has 0 aliphatic heterocycles. The summed E-state index contributed by atoms with van der Waals surface area (Å²) in [5.74, 6) is 0.886. The summed E-state index contributed by atoms with van der Waals surface area (Å²) in [7, 11) is 0. The predicted octanol–water partition coefficient (Wildman–Crippen LogP) is 3.05. The van der Waals surface area contributed by atoms with Gasteiger partial charge in [-0.3, -0.25) is 4.98 Å². The van der Waals surface area contributed by atoms with E-state index >= 15 is 0 Å². The van der Waals surface area contributed by atoms with Crippen molar-refractivity contribution < 1.29 is 0 Å². The zero-order valence-electron chi connectivity index (χ0n) is 10.6. The first-order valence-electron chi connectivity index (χ1n) is 5.91. The van der Waals surface area contributed by atoms with E-state index in [1.807, 2.05) is 26.2 Å². The Hall–Kier alpha value is -1.84. The predicted molar refractivity (Wildman–Crippen MR) is 69.5 cm³/mol. The van der Waals surface area contributed by atoms with Crippen LogP contribution in [0.2, 0.25) is 0 Å². The summed E-state index contributed by atoms with van der Waals surface area (Å²) in [4.78, 5) is 8.64. The normalized spacial score (nSPS) is 10.5. The summed E-state index contributed by atoms with van der Waals surface area (Å²) in [6, 6.07) is 2.06. The smallest absolute Gasteiger partial charge is 0.207 e. The number of pyridine rings is 1. The van der Waals surface area contributed by atoms with Crippen LogP contribution in [0.1, 0.15) is 24.6 Å². The lowest BCUT2D eigenvalue weighted by molar-refractivity contribution is 0.686. The minimum atomic E-state index is 0.886. The average Bonchev–Trinajstić information content (AvgIpc) is 2.59. The third-order valence-corrected chi connectivity index (χ3v) is 2.49. The molecule has 0 aliphatic carbocycles. The highest BCUT2D eigenvalue weighted by Gasteiger charge is 2.05. The quantitative estimate of drug-likeness (QED) is 0.877. The van der Waals surface area contributed by atoms with Crippen LogP contribution < -0.4 is 5.32 Å². The van der Waals surface area contributed by atoms with Gasteiger partial charge in [0.2, 0.25) is 5.95 Å². The first-order chi connectivity index (χ1) is 8.19. The van der Waals surface area contributed by atoms with Gasteiger partial charge in [0.1, 0.15) is 0 Å². The molecular formula is C13H18N4. The third kappa shape index (κ3) is 2.84. The second-order valence-corrected chi connectivity index (χ2v) is 4.28. The van der Waals surface area contributed by atoms with Crippen molar-refractivity contribution in [3.63, 3.8) is 0 Å². The Balaban J connectivity index is 2.23. The molecule has 1 N–H and O–H groups in total. The zero-order valence-corrected chi connectivity index (χ0v) is 10.6. The number of hydrogen-bond donors (Lipinski definition) is 1. The van der Waals surface area contributed by atoms with Crippen molar-refractivity contribution in [1.82, 2.24) is 14.5 Å². The summed E-state index contributed by atoms with van der Waals surface area (Å²) in [5.41, 5.74) is 3.15. The van der Waals surface area contributed by atoms with Crippen molar-refractivity contribution in [2.75, 3.05) is 5.32 Å². The Morgan fingerprint density at radius 2 is 2.12 bits per heavy atom. The van der Waals surface area contributed by atoms with E-state index in [4.69, 9.17) is 0 Å². The van der Waals surface area contributed by atoms with Crippen LogP contribution in [-0.2, 0) is 6.54 Å². The maximum Gasteiger partial charge on any atom is 0.207 e. The number of imidazole rings is 1. The Labute approximate surface area is 102 Å². The van der Waals surface area contributed by atoms with Gasteiger partial charge in [-0.2, -0.15) is 0 Å². The molecule has 0 aromatic carbocycles. The number of hydrogen-bond acceptors (Lipinski definition) is 3. The molecule has 2 aromatic rings. The fourth-order valence-electron chi connectivity index (χ4n) is 1.81. The van der Waals surface area contributed by atoms with E-state index in [1.165, 1.54) is 0 Å². The first kappa shape index (κ1) is 11.6. The highest BCUT2D eigenvalue weighted by Crippen LogP contribution is 2.16. The van der Waals surface area contributed by atoms with Gasteiger partial charge in [0.05, 0.1) is 17.6 Å². The molecule has 0 atom stereocenters. The van der Waals surface area contributed by atoms with E-state index in [1.54, 1.807) is 0 Å². The molecule has 0 bridgehead atoms. The van der Waals surface area contributed by atoms with Crippen molar-refractivity contribution in [3.05, 3.63) is 35.9 Å². The van der Waals surface area contributed by atoms with Crippen molar-refractivity contribution in [3.8, 4) is 0 Å². The van der Waals surface area contributed by atoms with Crippen LogP contribution in [0, 0.1) is 13.8 Å². The SMILES string of the molecule is CCCn1cc(C)nc1Nc1cncc(C)c1. The van der Waals surface area contributed by atoms with Crippen LogP contribution in [0.4, 0.5) is 11.6 Å². The molecule has 0 radical (unpaired) electrons. The standard InChI is InChI=1S/C13H18N4/c1-4-5-17-9-11(3)15-13(17)16-12-6-10(2)7-14-8-12/h6-9H,4-5H2,1-3H3,(H,15,16). The van der Waals surface area contributed by atoms with Gasteiger partial charge in [0.15, 0.2) is 0 Å². The molecule has 4 nitrogen and oxygen atoms in total. The molecule has 0 unspecified atom stereocenters. The minimum Gasteiger partial charge on any atom is -0.324 e. The summed E-state index contributed by atoms with van der Waals surface area (Å²) in [6.07, 6.45) is 6.81. The van der Waals surface area contributed by atoms with Crippen LogP contribution in [0.25, 0.3) is 0 Å². The molecular weight excluding hydrogens is 212 g/mol. The lowest BCUT2D eigenvalue weighted by Gasteiger charge is -2.08. The number of aryl methyl sites for hydroxylation is 3.